The number of hydrogen-bond donors (Lipinski definition) is 1. The van der Waals surface area contributed by atoms with Crippen LogP contribution in [-0.4, -0.2) is 6.54 Å². The second kappa shape index (κ2) is 6.91. The molecule has 2 rings (SSSR count). The molecule has 1 heterocycles. The molecule has 98 valence electrons. The zero-order valence-electron chi connectivity index (χ0n) is 11.2. The van der Waals surface area contributed by atoms with Crippen molar-refractivity contribution in [2.45, 2.75) is 45.4 Å². The van der Waals surface area contributed by atoms with Gasteiger partial charge in [0.2, 0.25) is 0 Å². The Morgan fingerprint density at radius 1 is 1.11 bits per heavy atom. The Morgan fingerprint density at radius 3 is 2.78 bits per heavy atom. The molecule has 0 aliphatic rings. The maximum Gasteiger partial charge on any atom is 0.0345 e. The Bertz CT molecular complexity index is 487. The predicted octanol–water partition coefficient (Wildman–Crippen LogP) is 4.53. The van der Waals surface area contributed by atoms with Crippen LogP contribution in [0.1, 0.15) is 43.7 Å². The van der Waals surface area contributed by atoms with E-state index in [1.807, 2.05) is 11.3 Å². The standard InChI is InChI=1S/C16H23NS/c1-2-3-4-5-6-13-7-8-16-15(11-13)14(9-10-17)12-18-16/h7-8,11-12H,2-6,9-10,17H2,1H3. The largest absolute Gasteiger partial charge is 0.330 e. The molecule has 0 spiro atoms. The number of hydrogen-bond acceptors (Lipinski definition) is 2. The Morgan fingerprint density at radius 2 is 2.00 bits per heavy atom. The van der Waals surface area contributed by atoms with E-state index in [-0.39, 0.29) is 0 Å². The van der Waals surface area contributed by atoms with Gasteiger partial charge < -0.3 is 5.73 Å². The summed E-state index contributed by atoms with van der Waals surface area (Å²) in [7, 11) is 0. The lowest BCUT2D eigenvalue weighted by molar-refractivity contribution is 0.667. The summed E-state index contributed by atoms with van der Waals surface area (Å²) in [6.07, 6.45) is 7.56. The van der Waals surface area contributed by atoms with Gasteiger partial charge in [-0.1, -0.05) is 38.3 Å². The van der Waals surface area contributed by atoms with Crippen LogP contribution in [0.2, 0.25) is 0 Å². The first-order valence-electron chi connectivity index (χ1n) is 7.04. The Balaban J connectivity index is 2.07. The van der Waals surface area contributed by atoms with Crippen LogP contribution in [0.5, 0.6) is 0 Å². The van der Waals surface area contributed by atoms with E-state index >= 15 is 0 Å². The molecule has 0 amide bonds. The molecule has 2 aromatic rings. The summed E-state index contributed by atoms with van der Waals surface area (Å²) in [6, 6.07) is 6.94. The normalized spacial score (nSPS) is 11.2. The van der Waals surface area contributed by atoms with Gasteiger partial charge in [0.1, 0.15) is 0 Å². The number of nitrogens with two attached hydrogens (primary N) is 1. The Labute approximate surface area is 114 Å². The molecule has 2 heteroatoms. The summed E-state index contributed by atoms with van der Waals surface area (Å²) >= 11 is 1.84. The van der Waals surface area contributed by atoms with Crippen molar-refractivity contribution in [1.82, 2.24) is 0 Å². The van der Waals surface area contributed by atoms with Gasteiger partial charge in [0.05, 0.1) is 0 Å². The number of benzene rings is 1. The minimum atomic E-state index is 0.743. The third-order valence-corrected chi connectivity index (χ3v) is 4.46. The van der Waals surface area contributed by atoms with Crippen LogP contribution >= 0.6 is 11.3 Å². The average molecular weight is 261 g/mol. The zero-order valence-corrected chi connectivity index (χ0v) is 12.1. The molecular weight excluding hydrogens is 238 g/mol. The summed E-state index contributed by atoms with van der Waals surface area (Å²) in [4.78, 5) is 0. The molecule has 0 aliphatic carbocycles. The molecule has 0 radical (unpaired) electrons. The number of rotatable bonds is 7. The van der Waals surface area contributed by atoms with Crippen LogP contribution in [0.15, 0.2) is 23.6 Å². The molecule has 0 unspecified atom stereocenters. The van der Waals surface area contributed by atoms with E-state index in [0.717, 1.165) is 13.0 Å². The molecule has 0 aliphatic heterocycles. The lowest BCUT2D eigenvalue weighted by Gasteiger charge is -2.03. The summed E-state index contributed by atoms with van der Waals surface area (Å²) in [6.45, 7) is 3.00. The minimum Gasteiger partial charge on any atom is -0.330 e. The summed E-state index contributed by atoms with van der Waals surface area (Å²) in [5, 5.41) is 3.69. The SMILES string of the molecule is CCCCCCc1ccc2scc(CCN)c2c1. The van der Waals surface area contributed by atoms with Crippen LogP contribution < -0.4 is 5.73 Å². The fourth-order valence-electron chi connectivity index (χ4n) is 2.39. The lowest BCUT2D eigenvalue weighted by atomic mass is 10.0. The van der Waals surface area contributed by atoms with E-state index in [9.17, 15) is 0 Å². The van der Waals surface area contributed by atoms with E-state index in [1.54, 1.807) is 0 Å². The molecule has 1 nitrogen and oxygen atoms in total. The summed E-state index contributed by atoms with van der Waals surface area (Å²) < 4.78 is 1.40. The first-order valence-corrected chi connectivity index (χ1v) is 7.92. The molecule has 0 fully saturated rings. The third kappa shape index (κ3) is 3.33. The van der Waals surface area contributed by atoms with Gasteiger partial charge in [-0.15, -0.1) is 11.3 Å². The van der Waals surface area contributed by atoms with E-state index in [0.29, 0.717) is 0 Å². The van der Waals surface area contributed by atoms with Crippen molar-refractivity contribution in [2.24, 2.45) is 5.73 Å². The van der Waals surface area contributed by atoms with Crippen molar-refractivity contribution in [3.8, 4) is 0 Å². The highest BCUT2D eigenvalue weighted by Gasteiger charge is 2.04. The lowest BCUT2D eigenvalue weighted by Crippen LogP contribution is -2.01. The average Bonchev–Trinajstić information content (AvgIpc) is 2.78. The van der Waals surface area contributed by atoms with Gasteiger partial charge in [0.15, 0.2) is 0 Å². The highest BCUT2D eigenvalue weighted by Crippen LogP contribution is 2.27. The van der Waals surface area contributed by atoms with Crippen molar-refractivity contribution in [3.63, 3.8) is 0 Å². The fraction of sp³-hybridized carbons (Fsp3) is 0.500. The smallest absolute Gasteiger partial charge is 0.0345 e. The second-order valence-corrected chi connectivity index (χ2v) is 5.85. The molecular formula is C16H23NS. The molecule has 0 bridgehead atoms. The molecule has 0 saturated heterocycles. The van der Waals surface area contributed by atoms with Crippen molar-refractivity contribution in [2.75, 3.05) is 6.54 Å². The topological polar surface area (TPSA) is 26.0 Å². The first-order chi connectivity index (χ1) is 8.85. The third-order valence-electron chi connectivity index (χ3n) is 3.45. The van der Waals surface area contributed by atoms with Gasteiger partial charge in [0, 0.05) is 4.70 Å². The van der Waals surface area contributed by atoms with Gasteiger partial charge in [-0.3, -0.25) is 0 Å². The van der Waals surface area contributed by atoms with Crippen molar-refractivity contribution < 1.29 is 0 Å². The van der Waals surface area contributed by atoms with Crippen LogP contribution in [0.3, 0.4) is 0 Å². The second-order valence-electron chi connectivity index (χ2n) is 4.94. The molecule has 0 atom stereocenters. The van der Waals surface area contributed by atoms with E-state index in [1.165, 1.54) is 53.3 Å². The van der Waals surface area contributed by atoms with Gasteiger partial charge in [0.25, 0.3) is 0 Å². The van der Waals surface area contributed by atoms with Crippen molar-refractivity contribution in [3.05, 3.63) is 34.7 Å². The van der Waals surface area contributed by atoms with Crippen molar-refractivity contribution in [1.29, 1.82) is 0 Å². The zero-order chi connectivity index (χ0) is 12.8. The highest BCUT2D eigenvalue weighted by atomic mass is 32.1. The van der Waals surface area contributed by atoms with E-state index in [4.69, 9.17) is 5.73 Å². The fourth-order valence-corrected chi connectivity index (χ4v) is 3.37. The van der Waals surface area contributed by atoms with Crippen molar-refractivity contribution >= 4 is 21.4 Å². The van der Waals surface area contributed by atoms with Gasteiger partial charge in [-0.05, 0) is 53.8 Å². The predicted molar refractivity (Wildman–Crippen MR) is 82.4 cm³/mol. The number of aryl methyl sites for hydroxylation is 1. The number of fused-ring (bicyclic) bond motifs is 1. The number of unbranched alkanes of at least 4 members (excludes halogenated alkanes) is 3. The molecule has 0 saturated carbocycles. The molecule has 18 heavy (non-hydrogen) atoms. The summed E-state index contributed by atoms with van der Waals surface area (Å²) in [5.74, 6) is 0. The monoisotopic (exact) mass is 261 g/mol. The Kier molecular flexibility index (Phi) is 5.21. The minimum absolute atomic E-state index is 0.743. The van der Waals surface area contributed by atoms with Crippen LogP contribution in [-0.2, 0) is 12.8 Å². The first kappa shape index (κ1) is 13.6. The Hall–Kier alpha value is -0.860. The highest BCUT2D eigenvalue weighted by molar-refractivity contribution is 7.17. The van der Waals surface area contributed by atoms with Crippen LogP contribution in [0.4, 0.5) is 0 Å². The summed E-state index contributed by atoms with van der Waals surface area (Å²) in [5.41, 5.74) is 8.57. The van der Waals surface area contributed by atoms with Gasteiger partial charge >= 0.3 is 0 Å². The van der Waals surface area contributed by atoms with Crippen LogP contribution in [0, 0.1) is 0 Å². The molecule has 1 aromatic heterocycles. The molecule has 1 aromatic carbocycles. The maximum absolute atomic E-state index is 5.67. The van der Waals surface area contributed by atoms with Gasteiger partial charge in [-0.25, -0.2) is 0 Å². The van der Waals surface area contributed by atoms with Crippen LogP contribution in [0.25, 0.3) is 10.1 Å². The number of thiophene rings is 1. The van der Waals surface area contributed by atoms with E-state index < -0.39 is 0 Å². The molecule has 2 N–H and O–H groups in total. The quantitative estimate of drug-likeness (QED) is 0.728. The maximum atomic E-state index is 5.67. The van der Waals surface area contributed by atoms with Gasteiger partial charge in [-0.2, -0.15) is 0 Å². The van der Waals surface area contributed by atoms with E-state index in [2.05, 4.69) is 30.5 Å².